The van der Waals surface area contributed by atoms with E-state index in [2.05, 4.69) is 15.7 Å². The lowest BCUT2D eigenvalue weighted by molar-refractivity contribution is -0.116. The van der Waals surface area contributed by atoms with Crippen LogP contribution in [0, 0.1) is 0 Å². The molecule has 2 N–H and O–H groups in total. The van der Waals surface area contributed by atoms with Gasteiger partial charge in [-0.3, -0.25) is 14.3 Å². The normalized spacial score (nSPS) is 16.5. The maximum Gasteiger partial charge on any atom is 0.251 e. The summed E-state index contributed by atoms with van der Waals surface area (Å²) >= 11 is 0. The molecule has 1 unspecified atom stereocenters. The standard InChI is InChI=1S/C25H29N5O4S/c1-19-7-2-3-14-30(19)35(33,34)23-11-5-9-21(16-23)25(32)26-17-20-8-4-10-22(15-20)28-24(31)18-29-13-6-12-27-29/h4-6,8-13,15-16,19H,2-3,7,14,17-18H2,1H3,(H,26,32)(H,28,31). The molecule has 1 saturated heterocycles. The Morgan fingerprint density at radius 3 is 2.69 bits per heavy atom. The Labute approximate surface area is 205 Å². The van der Waals surface area contributed by atoms with E-state index in [-0.39, 0.29) is 41.4 Å². The third-order valence-electron chi connectivity index (χ3n) is 5.97. The molecule has 9 nitrogen and oxygen atoms in total. The van der Waals surface area contributed by atoms with E-state index >= 15 is 0 Å². The van der Waals surface area contributed by atoms with Crippen LogP contribution < -0.4 is 10.6 Å². The molecule has 0 radical (unpaired) electrons. The molecule has 0 aliphatic carbocycles. The second-order valence-corrected chi connectivity index (χ2v) is 10.5. The average molecular weight is 496 g/mol. The van der Waals surface area contributed by atoms with Gasteiger partial charge < -0.3 is 10.6 Å². The highest BCUT2D eigenvalue weighted by molar-refractivity contribution is 7.89. The van der Waals surface area contributed by atoms with Crippen molar-refractivity contribution >= 4 is 27.5 Å². The fourth-order valence-corrected chi connectivity index (χ4v) is 5.89. The molecule has 35 heavy (non-hydrogen) atoms. The summed E-state index contributed by atoms with van der Waals surface area (Å²) in [5, 5.41) is 9.65. The van der Waals surface area contributed by atoms with E-state index in [0.717, 1.165) is 24.8 Å². The lowest BCUT2D eigenvalue weighted by Gasteiger charge is -2.32. The molecule has 3 aromatic rings. The predicted octanol–water partition coefficient (Wildman–Crippen LogP) is 3.01. The number of nitrogens with one attached hydrogen (secondary N) is 2. The maximum absolute atomic E-state index is 13.1. The summed E-state index contributed by atoms with van der Waals surface area (Å²) in [6, 6.07) is 15.0. The van der Waals surface area contributed by atoms with Crippen LogP contribution in [0.4, 0.5) is 5.69 Å². The van der Waals surface area contributed by atoms with Crippen molar-refractivity contribution in [1.29, 1.82) is 0 Å². The first-order valence-electron chi connectivity index (χ1n) is 11.6. The van der Waals surface area contributed by atoms with Crippen LogP contribution in [0.2, 0.25) is 0 Å². The summed E-state index contributed by atoms with van der Waals surface area (Å²) in [6.45, 7) is 2.74. The molecule has 4 rings (SSSR count). The molecule has 0 bridgehead atoms. The zero-order valence-corrected chi connectivity index (χ0v) is 20.4. The molecule has 0 spiro atoms. The zero-order valence-electron chi connectivity index (χ0n) is 19.6. The van der Waals surface area contributed by atoms with Gasteiger partial charge in [-0.05, 0) is 61.7 Å². The molecule has 2 amide bonds. The SMILES string of the molecule is CC1CCCCN1S(=O)(=O)c1cccc(C(=O)NCc2cccc(NC(=O)Cn3cccn3)c2)c1. The van der Waals surface area contributed by atoms with Crippen LogP contribution in [-0.4, -0.2) is 46.9 Å². The number of anilines is 1. The van der Waals surface area contributed by atoms with Crippen LogP contribution in [0.15, 0.2) is 71.9 Å². The Morgan fingerprint density at radius 1 is 1.09 bits per heavy atom. The van der Waals surface area contributed by atoms with Crippen LogP contribution in [-0.2, 0) is 27.9 Å². The molecule has 10 heteroatoms. The van der Waals surface area contributed by atoms with Gasteiger partial charge in [0, 0.05) is 42.8 Å². The maximum atomic E-state index is 13.1. The van der Waals surface area contributed by atoms with Crippen molar-refractivity contribution in [2.45, 2.75) is 50.2 Å². The largest absolute Gasteiger partial charge is 0.348 e. The van der Waals surface area contributed by atoms with Crippen LogP contribution in [0.25, 0.3) is 0 Å². The number of carbonyl (C=O) groups excluding carboxylic acids is 2. The van der Waals surface area contributed by atoms with Crippen molar-refractivity contribution in [2.75, 3.05) is 11.9 Å². The Morgan fingerprint density at radius 2 is 1.91 bits per heavy atom. The van der Waals surface area contributed by atoms with E-state index in [1.807, 2.05) is 13.0 Å². The lowest BCUT2D eigenvalue weighted by atomic mass is 10.1. The number of sulfonamides is 1. The van der Waals surface area contributed by atoms with Gasteiger partial charge in [0.15, 0.2) is 0 Å². The van der Waals surface area contributed by atoms with Gasteiger partial charge in [0.1, 0.15) is 6.54 Å². The third-order valence-corrected chi connectivity index (χ3v) is 7.98. The number of nitrogens with zero attached hydrogens (tertiary/aromatic N) is 3. The minimum absolute atomic E-state index is 0.0569. The van der Waals surface area contributed by atoms with Crippen LogP contribution in [0.1, 0.15) is 42.1 Å². The Bertz CT molecular complexity index is 1290. The van der Waals surface area contributed by atoms with Gasteiger partial charge >= 0.3 is 0 Å². The summed E-state index contributed by atoms with van der Waals surface area (Å²) in [5.41, 5.74) is 1.68. The topological polar surface area (TPSA) is 113 Å². The van der Waals surface area contributed by atoms with Gasteiger partial charge in [-0.25, -0.2) is 8.42 Å². The van der Waals surface area contributed by atoms with E-state index in [1.165, 1.54) is 21.1 Å². The highest BCUT2D eigenvalue weighted by Gasteiger charge is 2.31. The minimum Gasteiger partial charge on any atom is -0.348 e. The molecular formula is C25H29N5O4S. The number of rotatable bonds is 8. The second-order valence-electron chi connectivity index (χ2n) is 8.62. The van der Waals surface area contributed by atoms with Crippen LogP contribution in [0.3, 0.4) is 0 Å². The van der Waals surface area contributed by atoms with Crippen molar-refractivity contribution in [2.24, 2.45) is 0 Å². The van der Waals surface area contributed by atoms with E-state index in [4.69, 9.17) is 0 Å². The number of aromatic nitrogens is 2. The van der Waals surface area contributed by atoms with Crippen molar-refractivity contribution < 1.29 is 18.0 Å². The summed E-state index contributed by atoms with van der Waals surface area (Å²) < 4.78 is 29.3. The van der Waals surface area contributed by atoms with Crippen LogP contribution >= 0.6 is 0 Å². The Hall–Kier alpha value is -3.50. The summed E-state index contributed by atoms with van der Waals surface area (Å²) in [7, 11) is -3.66. The van der Waals surface area contributed by atoms with Gasteiger partial charge in [0.25, 0.3) is 5.91 Å². The molecule has 1 aliphatic heterocycles. The van der Waals surface area contributed by atoms with E-state index in [0.29, 0.717) is 12.2 Å². The second kappa shape index (κ2) is 10.8. The molecule has 1 atom stereocenters. The van der Waals surface area contributed by atoms with Crippen molar-refractivity contribution in [3.8, 4) is 0 Å². The molecule has 0 saturated carbocycles. The fourth-order valence-electron chi connectivity index (χ4n) is 4.15. The Kier molecular flexibility index (Phi) is 7.62. The summed E-state index contributed by atoms with van der Waals surface area (Å²) in [4.78, 5) is 25.1. The smallest absolute Gasteiger partial charge is 0.251 e. The molecule has 1 aliphatic rings. The lowest BCUT2D eigenvalue weighted by Crippen LogP contribution is -2.42. The van der Waals surface area contributed by atoms with Crippen molar-refractivity contribution in [1.82, 2.24) is 19.4 Å². The van der Waals surface area contributed by atoms with Gasteiger partial charge in [-0.15, -0.1) is 0 Å². The fraction of sp³-hybridized carbons (Fsp3) is 0.320. The third kappa shape index (κ3) is 6.14. The van der Waals surface area contributed by atoms with Gasteiger partial charge in [-0.1, -0.05) is 24.6 Å². The van der Waals surface area contributed by atoms with Gasteiger partial charge in [0.05, 0.1) is 4.90 Å². The number of hydrogen-bond donors (Lipinski definition) is 2. The van der Waals surface area contributed by atoms with Crippen molar-refractivity contribution in [3.05, 3.63) is 78.1 Å². The molecule has 2 heterocycles. The highest BCUT2D eigenvalue weighted by atomic mass is 32.2. The first kappa shape index (κ1) is 24.6. The molecule has 1 aromatic heterocycles. The minimum atomic E-state index is -3.66. The highest BCUT2D eigenvalue weighted by Crippen LogP contribution is 2.25. The van der Waals surface area contributed by atoms with E-state index < -0.39 is 10.0 Å². The van der Waals surface area contributed by atoms with Gasteiger partial charge in [-0.2, -0.15) is 9.40 Å². The molecule has 1 fully saturated rings. The quantitative estimate of drug-likeness (QED) is 0.499. The first-order chi connectivity index (χ1) is 16.8. The van der Waals surface area contributed by atoms with E-state index in [1.54, 1.807) is 48.8 Å². The Balaban J connectivity index is 1.38. The molecule has 184 valence electrons. The zero-order chi connectivity index (χ0) is 24.8. The number of piperidine rings is 1. The predicted molar refractivity (Wildman–Crippen MR) is 132 cm³/mol. The van der Waals surface area contributed by atoms with Gasteiger partial charge in [0.2, 0.25) is 15.9 Å². The molecular weight excluding hydrogens is 466 g/mol. The van der Waals surface area contributed by atoms with E-state index in [9.17, 15) is 18.0 Å². The molecule has 2 aromatic carbocycles. The number of carbonyl (C=O) groups is 2. The summed E-state index contributed by atoms with van der Waals surface area (Å²) in [5.74, 6) is -0.585. The number of benzene rings is 2. The average Bonchev–Trinajstić information content (AvgIpc) is 3.36. The summed E-state index contributed by atoms with van der Waals surface area (Å²) in [6.07, 6.45) is 6.01. The monoisotopic (exact) mass is 495 g/mol. The van der Waals surface area contributed by atoms with Crippen molar-refractivity contribution in [3.63, 3.8) is 0 Å². The van der Waals surface area contributed by atoms with Crippen LogP contribution in [0.5, 0.6) is 0 Å². The number of hydrogen-bond acceptors (Lipinski definition) is 5. The number of amides is 2. The first-order valence-corrected chi connectivity index (χ1v) is 13.0.